The van der Waals surface area contributed by atoms with E-state index in [4.69, 9.17) is 23.2 Å². The van der Waals surface area contributed by atoms with Gasteiger partial charge in [0, 0.05) is 27.1 Å². The van der Waals surface area contributed by atoms with E-state index in [9.17, 15) is 18.0 Å². The van der Waals surface area contributed by atoms with Gasteiger partial charge < -0.3 is 10.2 Å². The molecule has 4 aromatic carbocycles. The zero-order valence-corrected chi connectivity index (χ0v) is 24.4. The number of amides is 2. The van der Waals surface area contributed by atoms with Crippen molar-refractivity contribution < 1.29 is 18.0 Å². The Balaban J connectivity index is 1.66. The Labute approximate surface area is 244 Å². The first-order valence-corrected chi connectivity index (χ1v) is 14.7. The largest absolute Gasteiger partial charge is 0.357 e. The lowest BCUT2D eigenvalue weighted by Crippen LogP contribution is -2.52. The lowest BCUT2D eigenvalue weighted by atomic mass is 10.0. The molecule has 1 atom stereocenters. The number of benzene rings is 4. The fourth-order valence-electron chi connectivity index (χ4n) is 4.43. The molecule has 0 saturated carbocycles. The minimum absolute atomic E-state index is 0.0184. The average molecular weight is 599 g/mol. The Morgan fingerprint density at radius 1 is 0.825 bits per heavy atom. The number of hydrogen-bond donors (Lipinski definition) is 1. The molecule has 10 heteroatoms. The maximum atomic E-state index is 13.8. The van der Waals surface area contributed by atoms with Crippen LogP contribution in [0.5, 0.6) is 0 Å². The highest BCUT2D eigenvalue weighted by molar-refractivity contribution is 7.89. The summed E-state index contributed by atoms with van der Waals surface area (Å²) in [5.41, 5.74) is 1.49. The molecule has 40 heavy (non-hydrogen) atoms. The van der Waals surface area contributed by atoms with E-state index in [2.05, 4.69) is 5.32 Å². The molecule has 1 unspecified atom stereocenters. The second kappa shape index (κ2) is 12.8. The van der Waals surface area contributed by atoms with Gasteiger partial charge in [-0.2, -0.15) is 4.31 Å². The van der Waals surface area contributed by atoms with Crippen molar-refractivity contribution in [2.45, 2.75) is 23.9 Å². The Kier molecular flexibility index (Phi) is 9.48. The summed E-state index contributed by atoms with van der Waals surface area (Å²) in [5.74, 6) is -0.917. The molecule has 0 aliphatic heterocycles. The van der Waals surface area contributed by atoms with Gasteiger partial charge in [-0.3, -0.25) is 9.59 Å². The van der Waals surface area contributed by atoms with E-state index in [1.54, 1.807) is 30.3 Å². The van der Waals surface area contributed by atoms with Gasteiger partial charge in [0.15, 0.2) is 0 Å². The van der Waals surface area contributed by atoms with Crippen LogP contribution < -0.4 is 5.32 Å². The van der Waals surface area contributed by atoms with E-state index >= 15 is 0 Å². The average Bonchev–Trinajstić information content (AvgIpc) is 2.96. The minimum Gasteiger partial charge on any atom is -0.357 e. The van der Waals surface area contributed by atoms with Gasteiger partial charge in [0.1, 0.15) is 6.04 Å². The van der Waals surface area contributed by atoms with Crippen LogP contribution in [0.2, 0.25) is 10.0 Å². The smallest absolute Gasteiger partial charge is 0.243 e. The van der Waals surface area contributed by atoms with E-state index in [0.717, 1.165) is 20.6 Å². The van der Waals surface area contributed by atoms with E-state index in [0.29, 0.717) is 15.6 Å². The third-order valence-electron chi connectivity index (χ3n) is 6.64. The number of sulfonamides is 1. The van der Waals surface area contributed by atoms with Crippen molar-refractivity contribution >= 4 is 55.8 Å². The lowest BCUT2D eigenvalue weighted by molar-refractivity contribution is -0.141. The summed E-state index contributed by atoms with van der Waals surface area (Å²) >= 11 is 12.3. The lowest BCUT2D eigenvalue weighted by Gasteiger charge is -2.32. The fourth-order valence-corrected chi connectivity index (χ4v) is 5.91. The first-order valence-electron chi connectivity index (χ1n) is 12.5. The van der Waals surface area contributed by atoms with Gasteiger partial charge in [-0.15, -0.1) is 0 Å². The van der Waals surface area contributed by atoms with Gasteiger partial charge in [0.05, 0.1) is 21.5 Å². The number of halogens is 2. The van der Waals surface area contributed by atoms with Gasteiger partial charge in [-0.1, -0.05) is 89.9 Å². The first kappa shape index (κ1) is 29.6. The molecule has 2 amide bonds. The molecule has 0 heterocycles. The summed E-state index contributed by atoms with van der Waals surface area (Å²) in [7, 11) is -1.16. The molecule has 4 rings (SSSR count). The molecule has 1 N–H and O–H groups in total. The second-order valence-electron chi connectivity index (χ2n) is 9.36. The first-order chi connectivity index (χ1) is 19.1. The molecular weight excluding hydrogens is 569 g/mol. The van der Waals surface area contributed by atoms with Gasteiger partial charge in [0.25, 0.3) is 0 Å². The molecule has 0 aliphatic carbocycles. The van der Waals surface area contributed by atoms with E-state index in [1.165, 1.54) is 25.1 Å². The molecule has 0 aliphatic rings. The Morgan fingerprint density at radius 3 is 2.17 bits per heavy atom. The van der Waals surface area contributed by atoms with Gasteiger partial charge in [-0.25, -0.2) is 8.42 Å². The molecular formula is C30H29Cl2N3O4S. The van der Waals surface area contributed by atoms with Crippen LogP contribution in [-0.4, -0.2) is 56.1 Å². The predicted molar refractivity (Wildman–Crippen MR) is 159 cm³/mol. The van der Waals surface area contributed by atoms with E-state index < -0.39 is 28.5 Å². The number of hydrogen-bond acceptors (Lipinski definition) is 4. The summed E-state index contributed by atoms with van der Waals surface area (Å²) in [6, 6.07) is 25.6. The number of likely N-dealkylation sites (N-methyl/N-ethyl adjacent to an activating group) is 2. The third-order valence-corrected chi connectivity index (χ3v) is 9.18. The molecule has 208 valence electrons. The van der Waals surface area contributed by atoms with E-state index in [1.807, 2.05) is 54.6 Å². The van der Waals surface area contributed by atoms with Crippen molar-refractivity contribution in [2.24, 2.45) is 0 Å². The number of rotatable bonds is 10. The summed E-state index contributed by atoms with van der Waals surface area (Å²) in [4.78, 5) is 28.4. The minimum atomic E-state index is -4.01. The number of fused-ring (bicyclic) bond motifs is 1. The maximum absolute atomic E-state index is 13.8. The van der Waals surface area contributed by atoms with Crippen LogP contribution in [0.15, 0.2) is 95.9 Å². The van der Waals surface area contributed by atoms with Gasteiger partial charge in [-0.05, 0) is 46.2 Å². The SMILES string of the molecule is CNC(=O)C(Cc1ccccc1)N(Cc1ccc(Cl)c(Cl)c1)C(=O)CN(C)S(=O)(=O)c1ccc2ccccc2c1. The fraction of sp³-hybridized carbons (Fsp3) is 0.200. The highest BCUT2D eigenvalue weighted by atomic mass is 35.5. The monoisotopic (exact) mass is 597 g/mol. The predicted octanol–water partition coefficient (Wildman–Crippen LogP) is 5.15. The van der Waals surface area contributed by atoms with Crippen LogP contribution in [0, 0.1) is 0 Å². The van der Waals surface area contributed by atoms with Crippen molar-refractivity contribution in [2.75, 3.05) is 20.6 Å². The quantitative estimate of drug-likeness (QED) is 0.274. The molecule has 0 bridgehead atoms. The van der Waals surface area contributed by atoms with Crippen LogP contribution in [-0.2, 0) is 32.6 Å². The summed E-state index contributed by atoms with van der Waals surface area (Å²) in [6.45, 7) is -0.455. The molecule has 0 aromatic heterocycles. The molecule has 0 fully saturated rings. The summed E-state index contributed by atoms with van der Waals surface area (Å²) in [5, 5.41) is 4.98. The zero-order valence-electron chi connectivity index (χ0n) is 22.1. The summed E-state index contributed by atoms with van der Waals surface area (Å²) in [6.07, 6.45) is 0.231. The second-order valence-corrected chi connectivity index (χ2v) is 12.2. The standard InChI is InChI=1S/C30H29Cl2N3O4S/c1-33-30(37)28(17-21-8-4-3-5-9-21)35(19-22-12-15-26(31)27(32)16-22)29(36)20-34(2)40(38,39)25-14-13-23-10-6-7-11-24(23)18-25/h3-16,18,28H,17,19-20H2,1-2H3,(H,33,37). The van der Waals surface area contributed by atoms with Crippen LogP contribution in [0.1, 0.15) is 11.1 Å². The number of carbonyl (C=O) groups is 2. The third kappa shape index (κ3) is 6.82. The van der Waals surface area contributed by atoms with E-state index in [-0.39, 0.29) is 23.8 Å². The van der Waals surface area contributed by atoms with Gasteiger partial charge in [0.2, 0.25) is 21.8 Å². The van der Waals surface area contributed by atoms with Crippen molar-refractivity contribution in [1.29, 1.82) is 0 Å². The maximum Gasteiger partial charge on any atom is 0.243 e. The van der Waals surface area contributed by atoms with Crippen molar-refractivity contribution in [3.63, 3.8) is 0 Å². The number of nitrogens with zero attached hydrogens (tertiary/aromatic N) is 2. The van der Waals surface area contributed by atoms with Crippen molar-refractivity contribution in [3.8, 4) is 0 Å². The highest BCUT2D eigenvalue weighted by Crippen LogP contribution is 2.25. The summed E-state index contributed by atoms with van der Waals surface area (Å²) < 4.78 is 27.9. The van der Waals surface area contributed by atoms with Crippen LogP contribution in [0.25, 0.3) is 10.8 Å². The molecule has 4 aromatic rings. The van der Waals surface area contributed by atoms with Crippen molar-refractivity contribution in [3.05, 3.63) is 112 Å². The zero-order chi connectivity index (χ0) is 28.9. The molecule has 7 nitrogen and oxygen atoms in total. The molecule has 0 saturated heterocycles. The van der Waals surface area contributed by atoms with Gasteiger partial charge >= 0.3 is 0 Å². The topological polar surface area (TPSA) is 86.8 Å². The highest BCUT2D eigenvalue weighted by Gasteiger charge is 2.32. The number of nitrogens with one attached hydrogen (secondary N) is 1. The van der Waals surface area contributed by atoms with Crippen molar-refractivity contribution in [1.82, 2.24) is 14.5 Å². The van der Waals surface area contributed by atoms with Crippen LogP contribution >= 0.6 is 23.2 Å². The molecule has 0 radical (unpaired) electrons. The Morgan fingerprint density at radius 2 is 1.50 bits per heavy atom. The number of carbonyl (C=O) groups excluding carboxylic acids is 2. The Hall–Kier alpha value is -3.43. The van der Waals surface area contributed by atoms with Crippen LogP contribution in [0.3, 0.4) is 0 Å². The Bertz CT molecular complexity index is 1630. The van der Waals surface area contributed by atoms with Crippen LogP contribution in [0.4, 0.5) is 0 Å². The normalized spacial score (nSPS) is 12.3. The molecule has 0 spiro atoms.